The summed E-state index contributed by atoms with van der Waals surface area (Å²) in [6.07, 6.45) is 1.85. The van der Waals surface area contributed by atoms with Gasteiger partial charge in [0.05, 0.1) is 11.4 Å². The van der Waals surface area contributed by atoms with Crippen LogP contribution in [0.25, 0.3) is 0 Å². The molecule has 0 N–H and O–H groups in total. The van der Waals surface area contributed by atoms with Crippen LogP contribution in [0.15, 0.2) is 33.7 Å². The Kier molecular flexibility index (Phi) is 5.27. The van der Waals surface area contributed by atoms with Crippen molar-refractivity contribution in [2.24, 2.45) is 0 Å². The Morgan fingerprint density at radius 1 is 1.15 bits per heavy atom. The largest absolute Gasteiger partial charge is 0.368 e. The maximum atomic E-state index is 12.8. The predicted molar refractivity (Wildman–Crippen MR) is 97.4 cm³/mol. The molecule has 0 amide bonds. The van der Waals surface area contributed by atoms with Crippen molar-refractivity contribution in [3.8, 4) is 0 Å². The van der Waals surface area contributed by atoms with Crippen LogP contribution >= 0.6 is 0 Å². The van der Waals surface area contributed by atoms with Gasteiger partial charge in [-0.1, -0.05) is 22.9 Å². The van der Waals surface area contributed by atoms with E-state index in [1.54, 1.807) is 16.4 Å². The van der Waals surface area contributed by atoms with Gasteiger partial charge in [0.2, 0.25) is 10.0 Å². The summed E-state index contributed by atoms with van der Waals surface area (Å²) in [4.78, 5) is 6.93. The number of hydrogen-bond donors (Lipinski definition) is 0. The van der Waals surface area contributed by atoms with Crippen molar-refractivity contribution in [1.82, 2.24) is 19.3 Å². The summed E-state index contributed by atoms with van der Waals surface area (Å²) in [5, 5.41) is 4.04. The van der Waals surface area contributed by atoms with Crippen molar-refractivity contribution < 1.29 is 17.7 Å². The van der Waals surface area contributed by atoms with E-state index < -0.39 is 10.0 Å². The summed E-state index contributed by atoms with van der Waals surface area (Å²) in [6.45, 7) is 5.40. The van der Waals surface area contributed by atoms with E-state index in [0.29, 0.717) is 49.3 Å². The molecule has 1 aromatic heterocycles. The normalized spacial score (nSPS) is 22.3. The van der Waals surface area contributed by atoms with Crippen molar-refractivity contribution in [3.63, 3.8) is 0 Å². The van der Waals surface area contributed by atoms with Crippen LogP contribution in [0.5, 0.6) is 0 Å². The fourth-order valence-corrected chi connectivity index (χ4v) is 4.84. The lowest BCUT2D eigenvalue weighted by atomic mass is 10.2. The second-order valence-corrected chi connectivity index (χ2v) is 8.98. The third-order valence-electron chi connectivity index (χ3n) is 5.04. The Morgan fingerprint density at radius 2 is 1.89 bits per heavy atom. The van der Waals surface area contributed by atoms with E-state index in [2.05, 4.69) is 15.0 Å². The summed E-state index contributed by atoms with van der Waals surface area (Å²) in [5.41, 5.74) is 1.04. The zero-order valence-electron chi connectivity index (χ0n) is 15.4. The number of benzene rings is 1. The van der Waals surface area contributed by atoms with Gasteiger partial charge in [0.1, 0.15) is 6.10 Å². The highest BCUT2D eigenvalue weighted by Gasteiger charge is 2.29. The minimum Gasteiger partial charge on any atom is -0.368 e. The van der Waals surface area contributed by atoms with Gasteiger partial charge in [-0.3, -0.25) is 4.90 Å². The zero-order valence-corrected chi connectivity index (χ0v) is 16.2. The fraction of sp³-hybridized carbons (Fsp3) is 0.556. The van der Waals surface area contributed by atoms with E-state index in [4.69, 9.17) is 9.26 Å². The summed E-state index contributed by atoms with van der Waals surface area (Å²) in [5.74, 6) is 1.17. The zero-order chi connectivity index (χ0) is 18.9. The number of hydrogen-bond acceptors (Lipinski definition) is 7. The number of piperazine rings is 1. The quantitative estimate of drug-likeness (QED) is 0.766. The Morgan fingerprint density at radius 3 is 2.56 bits per heavy atom. The van der Waals surface area contributed by atoms with E-state index >= 15 is 0 Å². The Labute approximate surface area is 159 Å². The van der Waals surface area contributed by atoms with Crippen molar-refractivity contribution in [1.29, 1.82) is 0 Å². The van der Waals surface area contributed by atoms with Crippen molar-refractivity contribution in [2.45, 2.75) is 37.3 Å². The van der Waals surface area contributed by atoms with Gasteiger partial charge in [-0.25, -0.2) is 8.42 Å². The van der Waals surface area contributed by atoms with Crippen LogP contribution in [0, 0.1) is 6.92 Å². The van der Waals surface area contributed by atoms with Crippen molar-refractivity contribution >= 4 is 10.0 Å². The standard InChI is InChI=1S/C18H24N4O4S/c1-14-4-6-15(7-5-14)27(23,24)22-10-8-21(9-11-22)13-17-19-18(26-20-17)16-3-2-12-25-16/h4-7,16H,2-3,8-13H2,1H3/t16-/m0/s1. The lowest BCUT2D eigenvalue weighted by molar-refractivity contribution is 0.0835. The molecule has 2 aliphatic rings. The minimum atomic E-state index is -3.44. The highest BCUT2D eigenvalue weighted by molar-refractivity contribution is 7.89. The van der Waals surface area contributed by atoms with E-state index in [-0.39, 0.29) is 6.10 Å². The van der Waals surface area contributed by atoms with Gasteiger partial charge >= 0.3 is 0 Å². The highest BCUT2D eigenvalue weighted by Crippen LogP contribution is 2.27. The highest BCUT2D eigenvalue weighted by atomic mass is 32.2. The van der Waals surface area contributed by atoms with Gasteiger partial charge in [0.25, 0.3) is 5.89 Å². The molecule has 0 unspecified atom stereocenters. The Bertz CT molecular complexity index is 867. The molecular weight excluding hydrogens is 368 g/mol. The number of ether oxygens (including phenoxy) is 1. The van der Waals surface area contributed by atoms with Crippen molar-refractivity contribution in [3.05, 3.63) is 41.5 Å². The SMILES string of the molecule is Cc1ccc(S(=O)(=O)N2CCN(Cc3noc([C@@H]4CCCO4)n3)CC2)cc1. The van der Waals surface area contributed by atoms with Crippen LogP contribution in [0.3, 0.4) is 0 Å². The molecule has 2 fully saturated rings. The average molecular weight is 392 g/mol. The van der Waals surface area contributed by atoms with Gasteiger partial charge in [-0.2, -0.15) is 9.29 Å². The second-order valence-electron chi connectivity index (χ2n) is 7.04. The molecule has 1 aromatic carbocycles. The van der Waals surface area contributed by atoms with Crippen LogP contribution in [-0.4, -0.2) is 60.5 Å². The molecule has 0 aliphatic carbocycles. The van der Waals surface area contributed by atoms with Gasteiger partial charge < -0.3 is 9.26 Å². The van der Waals surface area contributed by atoms with Gasteiger partial charge in [-0.05, 0) is 31.9 Å². The number of sulfonamides is 1. The second kappa shape index (κ2) is 7.67. The Balaban J connectivity index is 1.34. The maximum Gasteiger partial charge on any atom is 0.255 e. The number of rotatable bonds is 5. The topological polar surface area (TPSA) is 88.8 Å². The van der Waals surface area contributed by atoms with E-state index in [9.17, 15) is 8.42 Å². The summed E-state index contributed by atoms with van der Waals surface area (Å²) in [7, 11) is -3.44. The molecule has 9 heteroatoms. The van der Waals surface area contributed by atoms with Crippen molar-refractivity contribution in [2.75, 3.05) is 32.8 Å². The molecule has 3 heterocycles. The van der Waals surface area contributed by atoms with E-state index in [0.717, 1.165) is 25.0 Å². The van der Waals surface area contributed by atoms with E-state index in [1.807, 2.05) is 19.1 Å². The first-order valence-corrected chi connectivity index (χ1v) is 10.7. The molecule has 8 nitrogen and oxygen atoms in total. The van der Waals surface area contributed by atoms with Crippen LogP contribution in [-0.2, 0) is 21.3 Å². The molecule has 0 saturated carbocycles. The van der Waals surface area contributed by atoms with Gasteiger partial charge in [0, 0.05) is 32.8 Å². The molecule has 1 atom stereocenters. The summed E-state index contributed by atoms with van der Waals surface area (Å²) < 4.78 is 38.0. The van der Waals surface area contributed by atoms with Crippen LogP contribution in [0.2, 0.25) is 0 Å². The van der Waals surface area contributed by atoms with Gasteiger partial charge in [-0.15, -0.1) is 0 Å². The molecule has 4 rings (SSSR count). The Hall–Kier alpha value is -1.81. The lowest BCUT2D eigenvalue weighted by Gasteiger charge is -2.33. The smallest absolute Gasteiger partial charge is 0.255 e. The molecule has 0 radical (unpaired) electrons. The molecule has 2 aromatic rings. The molecule has 2 saturated heterocycles. The summed E-state index contributed by atoms with van der Waals surface area (Å²) in [6, 6.07) is 6.99. The molecule has 146 valence electrons. The average Bonchev–Trinajstić information content (AvgIpc) is 3.34. The lowest BCUT2D eigenvalue weighted by Crippen LogP contribution is -2.48. The first-order valence-electron chi connectivity index (χ1n) is 9.25. The third kappa shape index (κ3) is 4.06. The fourth-order valence-electron chi connectivity index (χ4n) is 3.42. The number of aromatic nitrogens is 2. The number of aryl methyl sites for hydroxylation is 1. The third-order valence-corrected chi connectivity index (χ3v) is 6.96. The minimum absolute atomic E-state index is 0.0808. The molecule has 0 spiro atoms. The first kappa shape index (κ1) is 18.5. The predicted octanol–water partition coefficient (Wildman–Crippen LogP) is 1.74. The molecule has 27 heavy (non-hydrogen) atoms. The monoisotopic (exact) mass is 392 g/mol. The maximum absolute atomic E-state index is 12.8. The first-order chi connectivity index (χ1) is 13.0. The van der Waals surface area contributed by atoms with Crippen LogP contribution < -0.4 is 0 Å². The van der Waals surface area contributed by atoms with Crippen LogP contribution in [0.1, 0.15) is 36.2 Å². The molecular formula is C18H24N4O4S. The number of nitrogens with zero attached hydrogens (tertiary/aromatic N) is 4. The molecule has 0 bridgehead atoms. The van der Waals surface area contributed by atoms with E-state index in [1.165, 1.54) is 0 Å². The van der Waals surface area contributed by atoms with Gasteiger partial charge in [0.15, 0.2) is 5.82 Å². The molecule has 2 aliphatic heterocycles. The summed E-state index contributed by atoms with van der Waals surface area (Å²) >= 11 is 0. The van der Waals surface area contributed by atoms with Crippen LogP contribution in [0.4, 0.5) is 0 Å².